The van der Waals surface area contributed by atoms with Crippen molar-refractivity contribution >= 4 is 57.8 Å². The van der Waals surface area contributed by atoms with Gasteiger partial charge in [-0.25, -0.2) is 14.2 Å². The number of carboxylic acid groups (broad SMARTS) is 1. The number of phenolic OH excluding ortho intramolecular Hbond substituents is 1. The minimum absolute atomic E-state index is 0.0365. The Kier molecular flexibility index (Phi) is 17.4. The number of piperidine rings is 1. The van der Waals surface area contributed by atoms with E-state index < -0.39 is 128 Å². The zero-order chi connectivity index (χ0) is 61.0. The fourth-order valence-corrected chi connectivity index (χ4v) is 12.2. The van der Waals surface area contributed by atoms with E-state index in [1.807, 2.05) is 0 Å². The number of benzene rings is 1. The number of ether oxygens (including phenoxy) is 4. The van der Waals surface area contributed by atoms with Gasteiger partial charge in [0.1, 0.15) is 47.3 Å². The zero-order valence-corrected chi connectivity index (χ0v) is 48.6. The van der Waals surface area contributed by atoms with E-state index in [1.54, 1.807) is 54.2 Å². The number of methoxy groups -OCH3 is 1. The van der Waals surface area contributed by atoms with E-state index in [1.165, 1.54) is 60.3 Å². The molecule has 84 heavy (non-hydrogen) atoms. The molecule has 10 atom stereocenters. The van der Waals surface area contributed by atoms with Crippen LogP contribution in [0.2, 0.25) is 0 Å². The number of nitrogens with zero attached hydrogens (tertiary/aromatic N) is 5. The van der Waals surface area contributed by atoms with Gasteiger partial charge in [-0.2, -0.15) is 0 Å². The Labute approximate surface area is 483 Å². The highest BCUT2D eigenvalue weighted by atomic mass is 19.1. The van der Waals surface area contributed by atoms with Gasteiger partial charge in [-0.3, -0.25) is 28.8 Å². The van der Waals surface area contributed by atoms with Crippen LogP contribution in [0.5, 0.6) is 11.5 Å². The lowest BCUT2D eigenvalue weighted by Crippen LogP contribution is -2.48. The highest BCUT2D eigenvalue weighted by molar-refractivity contribution is 6.32. The number of aromatic hydroxyl groups is 1. The number of carboxylic acids is 1. The second-order valence-corrected chi connectivity index (χ2v) is 23.0. The van der Waals surface area contributed by atoms with Gasteiger partial charge in [0.2, 0.25) is 17.0 Å². The second kappa shape index (κ2) is 24.1. The molecule has 1 amide bonds. The number of carbonyl (C=O) groups is 6. The Hall–Kier alpha value is -7.80. The third-order valence-corrected chi connectivity index (χ3v) is 17.3. The standard InChI is InChI=1S/C60H72FN7O16/c1-27-12-11-13-28(2)58(77)63-45-46(66-19-16-35(17-20-66)62-23-34-24-67(26-40(34)65-81-10)57-39(61)22-37-50(73)38(59(78)79)25-68(36-14-15-36)56(37)64-57)52(75)42-43(51(45)74)49(72)32(6)54-44(42)55(76)60(8,84-54)82-21-18-41(80-9)29(3)53(83-33(7)69)31(5)48(71)30(4)47(27)70/h11-13,18,21-22,25,27,29-31,34-36,41,47-48,53,62,70-72H,14-17,19-20,23-24,26H2,1-10H3,(H,63,77)(H,78,79)/t27-,29+,30+,31+,34?,41-,47-,48+,53+,60-/m0/s1. The smallest absolute Gasteiger partial charge is 0.341 e. The highest BCUT2D eigenvalue weighted by Gasteiger charge is 2.53. The summed E-state index contributed by atoms with van der Waals surface area (Å²) in [7, 11) is 2.81. The van der Waals surface area contributed by atoms with Crippen molar-refractivity contribution < 1.29 is 77.4 Å². The maximum Gasteiger partial charge on any atom is 0.341 e. The van der Waals surface area contributed by atoms with E-state index in [9.17, 15) is 44.4 Å². The highest BCUT2D eigenvalue weighted by Crippen LogP contribution is 2.49. The summed E-state index contributed by atoms with van der Waals surface area (Å²) in [4.78, 5) is 110. The van der Waals surface area contributed by atoms with Gasteiger partial charge >= 0.3 is 17.7 Å². The number of ketones is 3. The predicted octanol–water partition coefficient (Wildman–Crippen LogP) is 5.03. The maximum absolute atomic E-state index is 16.0. The number of amides is 1. The predicted molar refractivity (Wildman–Crippen MR) is 302 cm³/mol. The number of anilines is 1. The van der Waals surface area contributed by atoms with Crippen LogP contribution in [0, 0.1) is 42.3 Å². The zero-order valence-electron chi connectivity index (χ0n) is 48.6. The number of phenols is 1. The third-order valence-electron chi connectivity index (χ3n) is 17.3. The van der Waals surface area contributed by atoms with Crippen LogP contribution in [0.4, 0.5) is 10.2 Å². The number of Topliss-reactive ketones (excluding diaryl/α,β-unsaturated/α-hetero) is 3. The number of hydrogen-bond acceptors (Lipinski definition) is 20. The number of pyridine rings is 2. The number of aromatic nitrogens is 2. The molecule has 24 heteroatoms. The summed E-state index contributed by atoms with van der Waals surface area (Å²) < 4.78 is 41.5. The number of aromatic carboxylic acids is 1. The number of nitrogens with one attached hydrogen (secondary N) is 2. The summed E-state index contributed by atoms with van der Waals surface area (Å²) in [6, 6.07) is 0.770. The Bertz CT molecular complexity index is 3430. The number of halogens is 1. The van der Waals surface area contributed by atoms with Gasteiger partial charge in [0, 0.05) is 106 Å². The van der Waals surface area contributed by atoms with Gasteiger partial charge in [-0.1, -0.05) is 51.1 Å². The van der Waals surface area contributed by atoms with Gasteiger partial charge in [0.15, 0.2) is 11.6 Å². The first-order valence-electron chi connectivity index (χ1n) is 28.2. The number of likely N-dealkylation sites (tertiary alicyclic amines) is 1. The van der Waals surface area contributed by atoms with Crippen molar-refractivity contribution in [3.63, 3.8) is 0 Å². The van der Waals surface area contributed by atoms with Crippen LogP contribution < -0.4 is 25.7 Å². The molecule has 3 fully saturated rings. The van der Waals surface area contributed by atoms with E-state index in [0.29, 0.717) is 25.1 Å². The van der Waals surface area contributed by atoms with E-state index in [-0.39, 0.29) is 89.2 Å². The maximum atomic E-state index is 16.0. The molecular weight excluding hydrogens is 1090 g/mol. The Balaban J connectivity index is 1.01. The number of rotatable bonds is 10. The molecule has 7 aliphatic rings. The summed E-state index contributed by atoms with van der Waals surface area (Å²) in [5, 5.41) is 55.1. The molecule has 23 nitrogen and oxygen atoms in total. The van der Waals surface area contributed by atoms with Crippen molar-refractivity contribution in [2.24, 2.45) is 34.7 Å². The first kappa shape index (κ1) is 60.8. The molecular formula is C60H72FN7O16. The Morgan fingerprint density at radius 2 is 1.64 bits per heavy atom. The number of allylic oxidation sites excluding steroid dienone is 4. The first-order chi connectivity index (χ1) is 39.8. The molecule has 7 heterocycles. The number of oxime groups is 1. The van der Waals surface area contributed by atoms with Gasteiger partial charge in [0.25, 0.3) is 11.7 Å². The molecule has 1 aromatic carbocycles. The fourth-order valence-electron chi connectivity index (χ4n) is 12.2. The molecule has 5 bridgehead atoms. The van der Waals surface area contributed by atoms with Crippen LogP contribution in [0.25, 0.3) is 11.0 Å². The van der Waals surface area contributed by atoms with Crippen LogP contribution in [0.3, 0.4) is 0 Å². The van der Waals surface area contributed by atoms with E-state index in [0.717, 1.165) is 25.2 Å². The van der Waals surface area contributed by atoms with Crippen LogP contribution in [0.1, 0.15) is 127 Å². The van der Waals surface area contributed by atoms with E-state index in [2.05, 4.69) is 20.8 Å². The van der Waals surface area contributed by atoms with Crippen molar-refractivity contribution in [3.05, 3.63) is 104 Å². The molecule has 1 unspecified atom stereocenters. The number of aliphatic hydroxyl groups excluding tert-OH is 2. The van der Waals surface area contributed by atoms with Gasteiger partial charge in [-0.05, 0) is 51.7 Å². The molecule has 450 valence electrons. The number of fused-ring (bicyclic) bond motifs is 15. The van der Waals surface area contributed by atoms with Crippen LogP contribution in [0.15, 0.2) is 69.7 Å². The van der Waals surface area contributed by atoms with Crippen LogP contribution in [-0.4, -0.2) is 159 Å². The first-order valence-corrected chi connectivity index (χ1v) is 28.2. The second-order valence-electron chi connectivity index (χ2n) is 23.0. The lowest BCUT2D eigenvalue weighted by Gasteiger charge is -2.38. The van der Waals surface area contributed by atoms with Crippen LogP contribution >= 0.6 is 0 Å². The summed E-state index contributed by atoms with van der Waals surface area (Å²) in [6.07, 6.45) is 6.68. The van der Waals surface area contributed by atoms with Crippen molar-refractivity contribution in [1.29, 1.82) is 0 Å². The fraction of sp³-hybridized carbons (Fsp3) is 0.517. The number of aliphatic hydroxyl groups is 2. The average Bonchev–Trinajstić information content (AvgIpc) is 1.41. The summed E-state index contributed by atoms with van der Waals surface area (Å²) in [6.45, 7) is 13.3. The minimum Gasteiger partial charge on any atom is -0.507 e. The normalized spacial score (nSPS) is 28.7. The van der Waals surface area contributed by atoms with Crippen molar-refractivity contribution in [2.45, 2.75) is 123 Å². The molecule has 10 rings (SSSR count). The molecule has 1 saturated carbocycles. The average molecular weight is 1170 g/mol. The lowest BCUT2D eigenvalue weighted by molar-refractivity contribution is -0.160. The topological polar surface area (TPSA) is 307 Å². The molecule has 2 aromatic heterocycles. The monoisotopic (exact) mass is 1170 g/mol. The SMILES string of the molecule is CON=C1CN(c2nc3c(cc2F)c(=O)c(C(=O)O)cn3C2CC2)CC1CNC1CCN(C2=C3NC(=O)C(C)=CC=C[C@H](C)[C@H](O)[C@@H](C)[C@@H](O)[C@@H](C)[C@H](OC(C)=O)[C@H](C)[C@@H](OC)C=CO[C@@]4(C)Oc5c(C)c(O)c(c(c5C4=O)C2=O)C3=O)CC1. The summed E-state index contributed by atoms with van der Waals surface area (Å²) in [5.74, 6) is -12.4. The quantitative estimate of drug-likeness (QED) is 0.114. The lowest BCUT2D eigenvalue weighted by atomic mass is 9.78. The van der Waals surface area contributed by atoms with Crippen molar-refractivity contribution in [2.75, 3.05) is 51.8 Å². The van der Waals surface area contributed by atoms with Crippen molar-refractivity contribution in [1.82, 2.24) is 25.1 Å². The Morgan fingerprint density at radius 3 is 2.29 bits per heavy atom. The minimum atomic E-state index is -2.17. The molecule has 2 saturated heterocycles. The van der Waals surface area contributed by atoms with Gasteiger partial charge < -0.3 is 69.2 Å². The largest absolute Gasteiger partial charge is 0.507 e. The van der Waals surface area contributed by atoms with E-state index >= 15 is 14.0 Å². The van der Waals surface area contributed by atoms with Crippen molar-refractivity contribution in [3.8, 4) is 11.5 Å². The van der Waals surface area contributed by atoms with Gasteiger partial charge in [-0.15, -0.1) is 0 Å². The van der Waals surface area contributed by atoms with E-state index in [4.69, 9.17) is 23.8 Å². The molecule has 6 N–H and O–H groups in total. The molecule has 5 aliphatic heterocycles. The Morgan fingerprint density at radius 1 is 0.940 bits per heavy atom. The van der Waals surface area contributed by atoms with Crippen LogP contribution in [-0.2, 0) is 28.6 Å². The number of carbonyl (C=O) groups excluding carboxylic acids is 5. The molecule has 0 radical (unpaired) electrons. The van der Waals surface area contributed by atoms with Gasteiger partial charge in [0.05, 0.1) is 58.9 Å². The summed E-state index contributed by atoms with van der Waals surface area (Å²) >= 11 is 0. The third kappa shape index (κ3) is 11.3. The molecule has 3 aromatic rings. The number of esters is 1. The molecule has 0 spiro atoms. The number of hydrogen-bond donors (Lipinski definition) is 6. The molecule has 2 aliphatic carbocycles. The summed E-state index contributed by atoms with van der Waals surface area (Å²) in [5.41, 5.74) is -2.41.